The highest BCUT2D eigenvalue weighted by Crippen LogP contribution is 2.23. The molecule has 18 heavy (non-hydrogen) atoms. The number of pyridine rings is 1. The topological polar surface area (TPSA) is 64.1 Å². The number of nitrogen functional groups attached to an aromatic ring is 1. The number of fused-ring (bicyclic) bond motifs is 1. The smallest absolute Gasteiger partial charge is 0.122 e. The van der Waals surface area contributed by atoms with Crippen molar-refractivity contribution >= 4 is 22.3 Å². The summed E-state index contributed by atoms with van der Waals surface area (Å²) in [5.74, 6) is 0.899. The molecule has 3 rings (SSSR count). The van der Waals surface area contributed by atoms with Gasteiger partial charge in [0, 0.05) is 23.0 Å². The summed E-state index contributed by atoms with van der Waals surface area (Å²) in [6, 6.07) is 11.5. The highest BCUT2D eigenvalue weighted by Gasteiger charge is 2.02. The molecule has 4 nitrogen and oxygen atoms in total. The van der Waals surface area contributed by atoms with E-state index in [2.05, 4.69) is 10.3 Å². The second-order valence-corrected chi connectivity index (χ2v) is 4.07. The lowest BCUT2D eigenvalue weighted by atomic mass is 10.1. The van der Waals surface area contributed by atoms with Crippen molar-refractivity contribution < 1.29 is 4.42 Å². The molecule has 1 aromatic carbocycles. The summed E-state index contributed by atoms with van der Waals surface area (Å²) in [5.41, 5.74) is 8.38. The number of aromatic nitrogens is 1. The molecule has 0 saturated carbocycles. The van der Waals surface area contributed by atoms with Crippen LogP contribution in [-0.4, -0.2) is 4.98 Å². The van der Waals surface area contributed by atoms with Crippen molar-refractivity contribution in [3.05, 3.63) is 54.6 Å². The van der Waals surface area contributed by atoms with Gasteiger partial charge in [-0.2, -0.15) is 0 Å². The van der Waals surface area contributed by atoms with Crippen LogP contribution in [0.5, 0.6) is 0 Å². The van der Waals surface area contributed by atoms with Crippen molar-refractivity contribution in [3.63, 3.8) is 0 Å². The minimum absolute atomic E-state index is 0.649. The monoisotopic (exact) mass is 239 g/mol. The van der Waals surface area contributed by atoms with Gasteiger partial charge in [0.1, 0.15) is 5.76 Å². The van der Waals surface area contributed by atoms with Crippen LogP contribution in [0.4, 0.5) is 11.4 Å². The quantitative estimate of drug-likeness (QED) is 0.689. The average Bonchev–Trinajstić information content (AvgIpc) is 2.89. The maximum absolute atomic E-state index is 5.75. The van der Waals surface area contributed by atoms with E-state index in [1.165, 1.54) is 0 Å². The zero-order valence-electron chi connectivity index (χ0n) is 9.76. The van der Waals surface area contributed by atoms with Gasteiger partial charge in [-0.25, -0.2) is 0 Å². The third kappa shape index (κ3) is 2.00. The first-order chi connectivity index (χ1) is 8.83. The second kappa shape index (κ2) is 4.41. The number of nitrogens with one attached hydrogen (secondary N) is 1. The molecule has 4 heteroatoms. The molecule has 0 saturated heterocycles. The van der Waals surface area contributed by atoms with Crippen LogP contribution in [0.15, 0.2) is 53.3 Å². The summed E-state index contributed by atoms with van der Waals surface area (Å²) in [5, 5.41) is 4.39. The summed E-state index contributed by atoms with van der Waals surface area (Å²) in [6.45, 7) is 0.649. The van der Waals surface area contributed by atoms with Gasteiger partial charge in [-0.3, -0.25) is 4.98 Å². The number of furan rings is 1. The van der Waals surface area contributed by atoms with Gasteiger partial charge in [0.15, 0.2) is 0 Å². The second-order valence-electron chi connectivity index (χ2n) is 4.07. The summed E-state index contributed by atoms with van der Waals surface area (Å²) in [4.78, 5) is 4.30. The van der Waals surface area contributed by atoms with Crippen LogP contribution in [0, 0.1) is 0 Å². The maximum atomic E-state index is 5.75. The number of benzene rings is 1. The number of anilines is 2. The molecule has 0 unspecified atom stereocenters. The van der Waals surface area contributed by atoms with Gasteiger partial charge in [0.25, 0.3) is 0 Å². The predicted molar refractivity (Wildman–Crippen MR) is 72.2 cm³/mol. The van der Waals surface area contributed by atoms with E-state index in [1.807, 2.05) is 36.4 Å². The highest BCUT2D eigenvalue weighted by atomic mass is 16.3. The first kappa shape index (κ1) is 10.7. The maximum Gasteiger partial charge on any atom is 0.122 e. The van der Waals surface area contributed by atoms with Crippen molar-refractivity contribution in [2.45, 2.75) is 6.54 Å². The fourth-order valence-corrected chi connectivity index (χ4v) is 1.91. The van der Waals surface area contributed by atoms with E-state index in [4.69, 9.17) is 10.2 Å². The minimum Gasteiger partial charge on any atom is -0.467 e. The van der Waals surface area contributed by atoms with E-state index in [-0.39, 0.29) is 0 Å². The molecule has 0 atom stereocenters. The summed E-state index contributed by atoms with van der Waals surface area (Å²) >= 11 is 0. The Morgan fingerprint density at radius 3 is 3.00 bits per heavy atom. The van der Waals surface area contributed by atoms with Crippen molar-refractivity contribution in [1.29, 1.82) is 0 Å². The lowest BCUT2D eigenvalue weighted by Gasteiger charge is -2.08. The minimum atomic E-state index is 0.649. The van der Waals surface area contributed by atoms with Crippen molar-refractivity contribution in [2.24, 2.45) is 0 Å². The number of rotatable bonds is 3. The number of nitrogens with zero attached hydrogens (tertiary/aromatic N) is 1. The molecule has 90 valence electrons. The summed E-state index contributed by atoms with van der Waals surface area (Å²) < 4.78 is 5.29. The molecule has 3 aromatic rings. The molecule has 0 aliphatic heterocycles. The van der Waals surface area contributed by atoms with E-state index < -0.39 is 0 Å². The Morgan fingerprint density at radius 1 is 1.22 bits per heavy atom. The largest absolute Gasteiger partial charge is 0.467 e. The van der Waals surface area contributed by atoms with Crippen molar-refractivity contribution in [3.8, 4) is 0 Å². The third-order valence-corrected chi connectivity index (χ3v) is 2.80. The molecule has 0 bridgehead atoms. The van der Waals surface area contributed by atoms with Crippen molar-refractivity contribution in [1.82, 2.24) is 4.98 Å². The SMILES string of the molecule is Nc1ccc2c(NCc3ccco3)ccnc2c1. The van der Waals surface area contributed by atoms with E-state index >= 15 is 0 Å². The zero-order chi connectivity index (χ0) is 12.4. The van der Waals surface area contributed by atoms with Crippen LogP contribution in [0.1, 0.15) is 5.76 Å². The molecule has 2 heterocycles. The lowest BCUT2D eigenvalue weighted by Crippen LogP contribution is -1.99. The predicted octanol–water partition coefficient (Wildman–Crippen LogP) is 3.02. The zero-order valence-corrected chi connectivity index (χ0v) is 9.76. The van der Waals surface area contributed by atoms with Gasteiger partial charge in [-0.05, 0) is 36.4 Å². The van der Waals surface area contributed by atoms with Crippen LogP contribution in [0.25, 0.3) is 10.9 Å². The van der Waals surface area contributed by atoms with E-state index in [9.17, 15) is 0 Å². The Balaban J connectivity index is 1.92. The summed E-state index contributed by atoms with van der Waals surface area (Å²) in [7, 11) is 0. The fraction of sp³-hybridized carbons (Fsp3) is 0.0714. The van der Waals surface area contributed by atoms with E-state index in [0.29, 0.717) is 6.54 Å². The third-order valence-electron chi connectivity index (χ3n) is 2.80. The number of nitrogens with two attached hydrogens (primary N) is 1. The molecule has 0 aliphatic rings. The molecule has 0 amide bonds. The Labute approximate surface area is 104 Å². The van der Waals surface area contributed by atoms with Gasteiger partial charge >= 0.3 is 0 Å². The highest BCUT2D eigenvalue weighted by molar-refractivity contribution is 5.92. The van der Waals surface area contributed by atoms with Crippen LogP contribution in [0.2, 0.25) is 0 Å². The van der Waals surface area contributed by atoms with E-state index in [0.717, 1.165) is 28.0 Å². The Hall–Kier alpha value is -2.49. The molecule has 0 radical (unpaired) electrons. The van der Waals surface area contributed by atoms with Crippen LogP contribution in [-0.2, 0) is 6.54 Å². The number of hydrogen-bond acceptors (Lipinski definition) is 4. The van der Waals surface area contributed by atoms with Gasteiger partial charge in [0.2, 0.25) is 0 Å². The van der Waals surface area contributed by atoms with Gasteiger partial charge in [-0.15, -0.1) is 0 Å². The molecule has 0 fully saturated rings. The Bertz CT molecular complexity index is 662. The fourth-order valence-electron chi connectivity index (χ4n) is 1.91. The van der Waals surface area contributed by atoms with Crippen LogP contribution in [0.3, 0.4) is 0 Å². The van der Waals surface area contributed by atoms with Gasteiger partial charge in [-0.1, -0.05) is 0 Å². The molecular formula is C14H13N3O. The standard InChI is InChI=1S/C14H13N3O/c15-10-3-4-12-13(5-6-16-14(12)8-10)17-9-11-2-1-7-18-11/h1-8H,9,15H2,(H,16,17). The molecule has 0 spiro atoms. The normalized spacial score (nSPS) is 10.7. The van der Waals surface area contributed by atoms with Gasteiger partial charge < -0.3 is 15.5 Å². The summed E-state index contributed by atoms with van der Waals surface area (Å²) in [6.07, 6.45) is 3.44. The molecule has 3 N–H and O–H groups in total. The van der Waals surface area contributed by atoms with E-state index in [1.54, 1.807) is 12.5 Å². The van der Waals surface area contributed by atoms with Gasteiger partial charge in [0.05, 0.1) is 18.3 Å². The average molecular weight is 239 g/mol. The lowest BCUT2D eigenvalue weighted by molar-refractivity contribution is 0.518. The van der Waals surface area contributed by atoms with Crippen LogP contribution < -0.4 is 11.1 Å². The van der Waals surface area contributed by atoms with Crippen LogP contribution >= 0.6 is 0 Å². The Morgan fingerprint density at radius 2 is 2.17 bits per heavy atom. The molecular weight excluding hydrogens is 226 g/mol. The molecule has 2 aromatic heterocycles. The molecule has 0 aliphatic carbocycles. The number of hydrogen-bond donors (Lipinski definition) is 2. The van der Waals surface area contributed by atoms with Crippen molar-refractivity contribution in [2.75, 3.05) is 11.1 Å². The first-order valence-electron chi connectivity index (χ1n) is 5.73. The Kier molecular flexibility index (Phi) is 2.61. The first-order valence-corrected chi connectivity index (χ1v) is 5.73.